The highest BCUT2D eigenvalue weighted by molar-refractivity contribution is 5.59. The zero-order chi connectivity index (χ0) is 11.0. The molecule has 2 nitrogen and oxygen atoms in total. The van der Waals surface area contributed by atoms with Crippen molar-refractivity contribution in [2.45, 2.75) is 12.8 Å². The van der Waals surface area contributed by atoms with Crippen LogP contribution in [0.2, 0.25) is 0 Å². The second-order valence-electron chi connectivity index (χ2n) is 4.90. The van der Waals surface area contributed by atoms with Crippen molar-refractivity contribution in [3.8, 4) is 0 Å². The van der Waals surface area contributed by atoms with Crippen LogP contribution in [0.4, 0.5) is 5.69 Å². The highest BCUT2D eigenvalue weighted by Gasteiger charge is 2.20. The van der Waals surface area contributed by atoms with Gasteiger partial charge in [0, 0.05) is 31.9 Å². The van der Waals surface area contributed by atoms with E-state index in [1.165, 1.54) is 37.4 Å². The van der Waals surface area contributed by atoms with Gasteiger partial charge < -0.3 is 9.80 Å². The average Bonchev–Trinajstić information content (AvgIpc) is 2.78. The second kappa shape index (κ2) is 4.10. The number of nitrogens with zero attached hydrogens (tertiary/aromatic N) is 2. The molecule has 1 radical (unpaired) electrons. The third-order valence-electron chi connectivity index (χ3n) is 3.80. The molecule has 0 spiro atoms. The number of piperazine rings is 1. The molecule has 1 aliphatic carbocycles. The quantitative estimate of drug-likeness (QED) is 0.704. The van der Waals surface area contributed by atoms with Gasteiger partial charge in [-0.1, -0.05) is 12.1 Å². The van der Waals surface area contributed by atoms with E-state index >= 15 is 0 Å². The van der Waals surface area contributed by atoms with Gasteiger partial charge in [-0.3, -0.25) is 0 Å². The first-order valence-corrected chi connectivity index (χ1v) is 6.20. The van der Waals surface area contributed by atoms with E-state index in [9.17, 15) is 0 Å². The van der Waals surface area contributed by atoms with Gasteiger partial charge >= 0.3 is 0 Å². The van der Waals surface area contributed by atoms with Crippen LogP contribution in [0.1, 0.15) is 11.1 Å². The van der Waals surface area contributed by atoms with Crippen LogP contribution in [0, 0.1) is 6.42 Å². The largest absolute Gasteiger partial charge is 0.369 e. The molecule has 0 atom stereocenters. The molecule has 1 saturated heterocycles. The predicted octanol–water partition coefficient (Wildman–Crippen LogP) is 1.74. The van der Waals surface area contributed by atoms with Gasteiger partial charge in [-0.05, 0) is 43.5 Å². The summed E-state index contributed by atoms with van der Waals surface area (Å²) in [6.45, 7) is 4.72. The van der Waals surface area contributed by atoms with Gasteiger partial charge in [-0.2, -0.15) is 0 Å². The van der Waals surface area contributed by atoms with Crippen LogP contribution >= 0.6 is 0 Å². The standard InChI is InChI=1S/C14H19N2/c1-15-8-10-16(11-9-15)14-7-3-5-12-4-2-6-13(12)14/h2-3,5,7H,4,6,8-11H2,1H3. The average molecular weight is 215 g/mol. The summed E-state index contributed by atoms with van der Waals surface area (Å²) in [5.41, 5.74) is 4.60. The molecule has 0 bridgehead atoms. The Bertz CT molecular complexity index is 378. The Kier molecular flexibility index (Phi) is 2.60. The van der Waals surface area contributed by atoms with Crippen LogP contribution in [0.15, 0.2) is 18.2 Å². The first-order valence-electron chi connectivity index (χ1n) is 6.20. The van der Waals surface area contributed by atoms with Gasteiger partial charge in [0.1, 0.15) is 0 Å². The topological polar surface area (TPSA) is 6.48 Å². The van der Waals surface area contributed by atoms with Crippen molar-refractivity contribution < 1.29 is 0 Å². The molecule has 3 rings (SSSR count). The number of anilines is 1. The lowest BCUT2D eigenvalue weighted by Gasteiger charge is -2.35. The van der Waals surface area contributed by atoms with Crippen molar-refractivity contribution in [3.05, 3.63) is 35.7 Å². The maximum absolute atomic E-state index is 2.55. The minimum absolute atomic E-state index is 1.16. The molecule has 1 aliphatic heterocycles. The van der Waals surface area contributed by atoms with E-state index in [1.807, 2.05) is 0 Å². The summed E-state index contributed by atoms with van der Waals surface area (Å²) in [5, 5.41) is 0. The smallest absolute Gasteiger partial charge is 0.0402 e. The molecule has 16 heavy (non-hydrogen) atoms. The fourth-order valence-corrected chi connectivity index (χ4v) is 2.76. The van der Waals surface area contributed by atoms with Gasteiger partial charge in [0.05, 0.1) is 0 Å². The van der Waals surface area contributed by atoms with Crippen molar-refractivity contribution >= 4 is 5.69 Å². The first-order chi connectivity index (χ1) is 7.84. The molecule has 2 aliphatic rings. The Labute approximate surface area is 97.9 Å². The third-order valence-corrected chi connectivity index (χ3v) is 3.80. The van der Waals surface area contributed by atoms with E-state index in [4.69, 9.17) is 0 Å². The normalized spacial score (nSPS) is 21.2. The van der Waals surface area contributed by atoms with Crippen LogP contribution in [-0.4, -0.2) is 38.1 Å². The lowest BCUT2D eigenvalue weighted by molar-refractivity contribution is 0.312. The maximum atomic E-state index is 2.55. The van der Waals surface area contributed by atoms with E-state index in [1.54, 1.807) is 5.56 Å². The minimum Gasteiger partial charge on any atom is -0.369 e. The van der Waals surface area contributed by atoms with Crippen molar-refractivity contribution in [2.24, 2.45) is 0 Å². The summed E-state index contributed by atoms with van der Waals surface area (Å²) in [7, 11) is 2.21. The van der Waals surface area contributed by atoms with Crippen molar-refractivity contribution in [3.63, 3.8) is 0 Å². The van der Waals surface area contributed by atoms with Gasteiger partial charge in [0.15, 0.2) is 0 Å². The maximum Gasteiger partial charge on any atom is 0.0402 e. The van der Waals surface area contributed by atoms with Gasteiger partial charge in [0.25, 0.3) is 0 Å². The van der Waals surface area contributed by atoms with E-state index in [0.29, 0.717) is 0 Å². The highest BCUT2D eigenvalue weighted by atomic mass is 15.2. The molecule has 0 N–H and O–H groups in total. The van der Waals surface area contributed by atoms with Gasteiger partial charge in [0.2, 0.25) is 0 Å². The molecule has 1 heterocycles. The number of fused-ring (bicyclic) bond motifs is 1. The summed E-state index contributed by atoms with van der Waals surface area (Å²) < 4.78 is 0. The monoisotopic (exact) mass is 215 g/mol. The minimum atomic E-state index is 1.16. The molecule has 85 valence electrons. The number of rotatable bonds is 1. The SMILES string of the molecule is CN1CCN(c2cccc3c2C[CH]C3)CC1. The highest BCUT2D eigenvalue weighted by Crippen LogP contribution is 2.31. The van der Waals surface area contributed by atoms with Crippen molar-refractivity contribution in [1.82, 2.24) is 4.90 Å². The molecule has 1 aromatic carbocycles. The van der Waals surface area contributed by atoms with Crippen LogP contribution in [0.3, 0.4) is 0 Å². The first kappa shape index (κ1) is 10.2. The predicted molar refractivity (Wildman–Crippen MR) is 67.9 cm³/mol. The fourth-order valence-electron chi connectivity index (χ4n) is 2.76. The molecule has 0 saturated carbocycles. The Morgan fingerprint density at radius 2 is 1.81 bits per heavy atom. The summed E-state index contributed by atoms with van der Waals surface area (Å²) in [6, 6.07) is 6.79. The molecule has 0 aromatic heterocycles. The second-order valence-corrected chi connectivity index (χ2v) is 4.90. The van der Waals surface area contributed by atoms with E-state index in [2.05, 4.69) is 41.5 Å². The zero-order valence-corrected chi connectivity index (χ0v) is 9.95. The van der Waals surface area contributed by atoms with Crippen molar-refractivity contribution in [1.29, 1.82) is 0 Å². The molecular weight excluding hydrogens is 196 g/mol. The van der Waals surface area contributed by atoms with E-state index < -0.39 is 0 Å². The molecule has 0 amide bonds. The Hall–Kier alpha value is -1.02. The van der Waals surface area contributed by atoms with Gasteiger partial charge in [-0.25, -0.2) is 0 Å². The summed E-state index contributed by atoms with van der Waals surface area (Å²) >= 11 is 0. The number of hydrogen-bond acceptors (Lipinski definition) is 2. The molecule has 2 heteroatoms. The van der Waals surface area contributed by atoms with E-state index in [-0.39, 0.29) is 0 Å². The molecule has 1 aromatic rings. The Morgan fingerprint density at radius 1 is 1.00 bits per heavy atom. The van der Waals surface area contributed by atoms with Crippen LogP contribution in [-0.2, 0) is 12.8 Å². The summed E-state index contributed by atoms with van der Waals surface area (Å²) in [4.78, 5) is 4.96. The van der Waals surface area contributed by atoms with Crippen molar-refractivity contribution in [2.75, 3.05) is 38.1 Å². The molecule has 0 unspecified atom stereocenters. The lowest BCUT2D eigenvalue weighted by Crippen LogP contribution is -2.44. The van der Waals surface area contributed by atoms with Crippen LogP contribution < -0.4 is 4.90 Å². The van der Waals surface area contributed by atoms with E-state index in [0.717, 1.165) is 12.8 Å². The number of benzene rings is 1. The Morgan fingerprint density at radius 3 is 2.62 bits per heavy atom. The summed E-state index contributed by atoms with van der Waals surface area (Å²) in [5.74, 6) is 0. The Balaban J connectivity index is 1.87. The van der Waals surface area contributed by atoms with Crippen LogP contribution in [0.25, 0.3) is 0 Å². The molecular formula is C14H19N2. The fraction of sp³-hybridized carbons (Fsp3) is 0.500. The van der Waals surface area contributed by atoms with Crippen LogP contribution in [0.5, 0.6) is 0 Å². The number of hydrogen-bond donors (Lipinski definition) is 0. The molecule has 1 fully saturated rings. The number of likely N-dealkylation sites (N-methyl/N-ethyl adjacent to an activating group) is 1. The summed E-state index contributed by atoms with van der Waals surface area (Å²) in [6.07, 6.45) is 4.72. The third kappa shape index (κ3) is 1.71. The lowest BCUT2D eigenvalue weighted by atomic mass is 10.1. The zero-order valence-electron chi connectivity index (χ0n) is 9.95. The van der Waals surface area contributed by atoms with Gasteiger partial charge in [-0.15, -0.1) is 0 Å².